The molecule has 0 aliphatic carbocycles. The molecule has 6 nitrogen and oxygen atoms in total. The van der Waals surface area contributed by atoms with Crippen LogP contribution < -0.4 is 0 Å². The van der Waals surface area contributed by atoms with Crippen LogP contribution in [0.4, 0.5) is 0 Å². The van der Waals surface area contributed by atoms with Crippen molar-refractivity contribution in [3.05, 3.63) is 52.8 Å². The van der Waals surface area contributed by atoms with Gasteiger partial charge in [-0.1, -0.05) is 24.3 Å². The number of fused-ring (bicyclic) bond motifs is 1. The highest BCUT2D eigenvalue weighted by Gasteiger charge is 2.33. The number of likely N-dealkylation sites (tertiary alicyclic amines) is 1. The number of carbonyl (C=O) groups excluding carboxylic acids is 2. The minimum absolute atomic E-state index is 0.00738. The van der Waals surface area contributed by atoms with E-state index in [1.807, 2.05) is 27.8 Å². The summed E-state index contributed by atoms with van der Waals surface area (Å²) in [5.41, 5.74) is 3.87. The largest absolute Gasteiger partial charge is 0.335 e. The third-order valence-electron chi connectivity index (χ3n) is 5.52. The Morgan fingerprint density at radius 2 is 1.96 bits per heavy atom. The van der Waals surface area contributed by atoms with E-state index in [0.29, 0.717) is 25.3 Å². The second-order valence-corrected chi connectivity index (χ2v) is 7.20. The van der Waals surface area contributed by atoms with Gasteiger partial charge in [-0.15, -0.1) is 0 Å². The monoisotopic (exact) mass is 352 g/mol. The second-order valence-electron chi connectivity index (χ2n) is 7.20. The highest BCUT2D eigenvalue weighted by Crippen LogP contribution is 2.34. The highest BCUT2D eigenvalue weighted by atomic mass is 16.2. The van der Waals surface area contributed by atoms with Crippen molar-refractivity contribution < 1.29 is 9.59 Å². The molecule has 0 radical (unpaired) electrons. The van der Waals surface area contributed by atoms with Crippen molar-refractivity contribution in [2.24, 2.45) is 0 Å². The molecule has 2 aliphatic heterocycles. The maximum absolute atomic E-state index is 13.1. The van der Waals surface area contributed by atoms with Crippen LogP contribution in [0.3, 0.4) is 0 Å². The molecule has 2 amide bonds. The summed E-state index contributed by atoms with van der Waals surface area (Å²) >= 11 is 0. The fourth-order valence-electron chi connectivity index (χ4n) is 4.08. The van der Waals surface area contributed by atoms with Crippen LogP contribution in [0.2, 0.25) is 0 Å². The summed E-state index contributed by atoms with van der Waals surface area (Å²) in [6.45, 7) is 6.25. The summed E-state index contributed by atoms with van der Waals surface area (Å²) in [6.07, 6.45) is 2.00. The molecule has 1 saturated heterocycles. The summed E-state index contributed by atoms with van der Waals surface area (Å²) in [5.74, 6) is 0.0523. The van der Waals surface area contributed by atoms with E-state index in [1.54, 1.807) is 11.8 Å². The lowest BCUT2D eigenvalue weighted by molar-refractivity contribution is -0.130. The molecule has 1 fully saturated rings. The van der Waals surface area contributed by atoms with Crippen molar-refractivity contribution in [2.75, 3.05) is 13.1 Å². The SMILES string of the molecule is CC(=O)N1CCn2nc(C(=O)N3CCC[C@@H]3c3ccccc3C)cc2C1. The molecule has 0 N–H and O–H groups in total. The molecule has 2 aliphatic rings. The van der Waals surface area contributed by atoms with E-state index in [1.165, 1.54) is 11.1 Å². The fraction of sp³-hybridized carbons (Fsp3) is 0.450. The zero-order chi connectivity index (χ0) is 18.3. The first-order chi connectivity index (χ1) is 12.5. The van der Waals surface area contributed by atoms with Gasteiger partial charge in [-0.05, 0) is 37.0 Å². The molecular formula is C20H24N4O2. The van der Waals surface area contributed by atoms with Gasteiger partial charge >= 0.3 is 0 Å². The van der Waals surface area contributed by atoms with Gasteiger partial charge < -0.3 is 9.80 Å². The summed E-state index contributed by atoms with van der Waals surface area (Å²) in [5, 5.41) is 4.53. The molecule has 3 heterocycles. The van der Waals surface area contributed by atoms with Crippen molar-refractivity contribution in [3.8, 4) is 0 Å². The Bertz CT molecular complexity index is 857. The Morgan fingerprint density at radius 3 is 2.73 bits per heavy atom. The molecule has 1 atom stereocenters. The zero-order valence-electron chi connectivity index (χ0n) is 15.3. The standard InChI is InChI=1S/C20H24N4O2/c1-14-6-3-4-7-17(14)19-8-5-9-23(19)20(26)18-12-16-13-22(15(2)25)10-11-24(16)21-18/h3-4,6-7,12,19H,5,8-11,13H2,1-2H3/t19-/m1/s1. The van der Waals surface area contributed by atoms with E-state index in [2.05, 4.69) is 24.2 Å². The second kappa shape index (κ2) is 6.59. The van der Waals surface area contributed by atoms with Gasteiger partial charge in [0.15, 0.2) is 5.69 Å². The van der Waals surface area contributed by atoms with Crippen molar-refractivity contribution >= 4 is 11.8 Å². The van der Waals surface area contributed by atoms with Crippen LogP contribution in [0.5, 0.6) is 0 Å². The van der Waals surface area contributed by atoms with E-state index >= 15 is 0 Å². The Labute approximate surface area is 153 Å². The molecule has 26 heavy (non-hydrogen) atoms. The van der Waals surface area contributed by atoms with Gasteiger partial charge in [-0.25, -0.2) is 0 Å². The van der Waals surface area contributed by atoms with Gasteiger partial charge in [0.25, 0.3) is 5.91 Å². The Balaban J connectivity index is 1.58. The molecule has 4 rings (SSSR count). The number of carbonyl (C=O) groups is 2. The van der Waals surface area contributed by atoms with Crippen LogP contribution in [0.15, 0.2) is 30.3 Å². The highest BCUT2D eigenvalue weighted by molar-refractivity contribution is 5.93. The molecule has 1 aromatic carbocycles. The number of benzene rings is 1. The zero-order valence-corrected chi connectivity index (χ0v) is 15.3. The third-order valence-corrected chi connectivity index (χ3v) is 5.52. The molecule has 2 aromatic rings. The van der Waals surface area contributed by atoms with Crippen LogP contribution in [0, 0.1) is 6.92 Å². The average Bonchev–Trinajstić information content (AvgIpc) is 3.27. The summed E-state index contributed by atoms with van der Waals surface area (Å²) in [6, 6.07) is 10.3. The van der Waals surface area contributed by atoms with Crippen molar-refractivity contribution in [1.29, 1.82) is 0 Å². The quantitative estimate of drug-likeness (QED) is 0.834. The van der Waals surface area contributed by atoms with Crippen LogP contribution in [-0.2, 0) is 17.9 Å². The third kappa shape index (κ3) is 2.89. The first-order valence-electron chi connectivity index (χ1n) is 9.23. The molecular weight excluding hydrogens is 328 g/mol. The summed E-state index contributed by atoms with van der Waals surface area (Å²) < 4.78 is 1.87. The first kappa shape index (κ1) is 16.8. The molecule has 0 bridgehead atoms. The Morgan fingerprint density at radius 1 is 1.15 bits per heavy atom. The van der Waals surface area contributed by atoms with Gasteiger partial charge in [0, 0.05) is 20.0 Å². The number of aryl methyl sites for hydroxylation is 1. The molecule has 1 aromatic heterocycles. The van der Waals surface area contributed by atoms with Crippen molar-refractivity contribution in [3.63, 3.8) is 0 Å². The lowest BCUT2D eigenvalue weighted by atomic mass is 9.99. The number of hydrogen-bond donors (Lipinski definition) is 0. The van der Waals surface area contributed by atoms with Crippen LogP contribution in [0.25, 0.3) is 0 Å². The van der Waals surface area contributed by atoms with E-state index in [0.717, 1.165) is 25.1 Å². The predicted molar refractivity (Wildman–Crippen MR) is 97.5 cm³/mol. The van der Waals surface area contributed by atoms with E-state index in [-0.39, 0.29) is 17.9 Å². The van der Waals surface area contributed by atoms with E-state index in [4.69, 9.17) is 0 Å². The van der Waals surface area contributed by atoms with Gasteiger partial charge in [0.2, 0.25) is 5.91 Å². The minimum Gasteiger partial charge on any atom is -0.335 e. The van der Waals surface area contributed by atoms with Gasteiger partial charge in [-0.2, -0.15) is 5.10 Å². The molecule has 6 heteroatoms. The fourth-order valence-corrected chi connectivity index (χ4v) is 4.08. The van der Waals surface area contributed by atoms with Crippen LogP contribution >= 0.6 is 0 Å². The first-order valence-corrected chi connectivity index (χ1v) is 9.23. The molecule has 136 valence electrons. The predicted octanol–water partition coefficient (Wildman–Crippen LogP) is 2.53. The van der Waals surface area contributed by atoms with Crippen molar-refractivity contribution in [2.45, 2.75) is 45.8 Å². The summed E-state index contributed by atoms with van der Waals surface area (Å²) in [7, 11) is 0. The Kier molecular flexibility index (Phi) is 4.26. The van der Waals surface area contributed by atoms with Gasteiger partial charge in [0.05, 0.1) is 24.8 Å². The van der Waals surface area contributed by atoms with Crippen molar-refractivity contribution in [1.82, 2.24) is 19.6 Å². The van der Waals surface area contributed by atoms with Crippen LogP contribution in [-0.4, -0.2) is 44.5 Å². The number of nitrogens with zero attached hydrogens (tertiary/aromatic N) is 4. The number of aromatic nitrogens is 2. The van der Waals surface area contributed by atoms with E-state index < -0.39 is 0 Å². The number of hydrogen-bond acceptors (Lipinski definition) is 3. The van der Waals surface area contributed by atoms with E-state index in [9.17, 15) is 9.59 Å². The molecule has 0 spiro atoms. The lowest BCUT2D eigenvalue weighted by Gasteiger charge is -2.26. The molecule has 0 saturated carbocycles. The smallest absolute Gasteiger partial charge is 0.274 e. The maximum atomic E-state index is 13.1. The average molecular weight is 352 g/mol. The molecule has 0 unspecified atom stereocenters. The Hall–Kier alpha value is -2.63. The minimum atomic E-state index is -0.00738. The van der Waals surface area contributed by atoms with Gasteiger partial charge in [-0.3, -0.25) is 14.3 Å². The van der Waals surface area contributed by atoms with Crippen LogP contribution in [0.1, 0.15) is 53.1 Å². The van der Waals surface area contributed by atoms with Gasteiger partial charge in [0.1, 0.15) is 0 Å². The topological polar surface area (TPSA) is 58.4 Å². The lowest BCUT2D eigenvalue weighted by Crippen LogP contribution is -2.36. The summed E-state index contributed by atoms with van der Waals surface area (Å²) in [4.78, 5) is 28.5. The number of amides is 2. The number of rotatable bonds is 2. The maximum Gasteiger partial charge on any atom is 0.274 e. The normalized spacial score (nSPS) is 19.5.